The van der Waals surface area contributed by atoms with Crippen LogP contribution in [-0.4, -0.2) is 8.42 Å². The Labute approximate surface area is 139 Å². The van der Waals surface area contributed by atoms with Crippen LogP contribution in [0.5, 0.6) is 0 Å². The van der Waals surface area contributed by atoms with Gasteiger partial charge in [-0.1, -0.05) is 61.9 Å². The van der Waals surface area contributed by atoms with E-state index in [-0.39, 0.29) is 5.75 Å². The summed E-state index contributed by atoms with van der Waals surface area (Å²) in [7, 11) is -3.34. The van der Waals surface area contributed by atoms with Crippen LogP contribution in [0.2, 0.25) is 0 Å². The van der Waals surface area contributed by atoms with Gasteiger partial charge in [0, 0.05) is 6.54 Å². The zero-order valence-electron chi connectivity index (χ0n) is 14.1. The first-order valence-corrected chi connectivity index (χ1v) is 9.72. The van der Waals surface area contributed by atoms with Gasteiger partial charge in [-0.2, -0.15) is 0 Å². The first-order chi connectivity index (χ1) is 10.9. The van der Waals surface area contributed by atoms with Crippen LogP contribution in [0.3, 0.4) is 0 Å². The third-order valence-electron chi connectivity index (χ3n) is 3.98. The molecule has 0 unspecified atom stereocenters. The summed E-state index contributed by atoms with van der Waals surface area (Å²) in [5, 5.41) is 0. The normalized spacial score (nSPS) is 11.6. The van der Waals surface area contributed by atoms with Crippen LogP contribution in [0, 0.1) is 6.92 Å². The van der Waals surface area contributed by atoms with Crippen LogP contribution in [0.15, 0.2) is 42.5 Å². The minimum Gasteiger partial charge on any atom is -0.212 e. The van der Waals surface area contributed by atoms with Crippen molar-refractivity contribution in [2.45, 2.75) is 45.9 Å². The van der Waals surface area contributed by atoms with Crippen LogP contribution in [0.1, 0.15) is 41.7 Å². The Bertz CT molecular complexity index is 767. The molecule has 4 heteroatoms. The summed E-state index contributed by atoms with van der Waals surface area (Å²) in [6.07, 6.45) is 1.85. The van der Waals surface area contributed by atoms with E-state index in [0.717, 1.165) is 29.5 Å². The Hall–Kier alpha value is -1.65. The second kappa shape index (κ2) is 7.75. The monoisotopic (exact) mass is 331 g/mol. The highest BCUT2D eigenvalue weighted by Crippen LogP contribution is 2.15. The maximum absolute atomic E-state index is 12.3. The Kier molecular flexibility index (Phi) is 5.97. The topological polar surface area (TPSA) is 46.2 Å². The Morgan fingerprint density at radius 2 is 1.70 bits per heavy atom. The number of rotatable bonds is 7. The van der Waals surface area contributed by atoms with Gasteiger partial charge < -0.3 is 0 Å². The van der Waals surface area contributed by atoms with Crippen LogP contribution in [0.4, 0.5) is 0 Å². The summed E-state index contributed by atoms with van der Waals surface area (Å²) in [4.78, 5) is 0. The van der Waals surface area contributed by atoms with Crippen molar-refractivity contribution in [3.63, 3.8) is 0 Å². The Balaban J connectivity index is 2.10. The molecular formula is C19H25NO2S. The molecule has 124 valence electrons. The van der Waals surface area contributed by atoms with Gasteiger partial charge in [0.15, 0.2) is 0 Å². The molecule has 0 aromatic heterocycles. The lowest BCUT2D eigenvalue weighted by atomic mass is 10.0. The van der Waals surface area contributed by atoms with Crippen molar-refractivity contribution in [2.24, 2.45) is 0 Å². The predicted molar refractivity (Wildman–Crippen MR) is 95.8 cm³/mol. The molecule has 2 aromatic rings. The Morgan fingerprint density at radius 3 is 2.35 bits per heavy atom. The van der Waals surface area contributed by atoms with Crippen LogP contribution < -0.4 is 4.72 Å². The zero-order chi connectivity index (χ0) is 16.9. The van der Waals surface area contributed by atoms with Crippen molar-refractivity contribution < 1.29 is 8.42 Å². The highest BCUT2D eigenvalue weighted by Gasteiger charge is 2.12. The zero-order valence-corrected chi connectivity index (χ0v) is 14.9. The molecule has 0 saturated carbocycles. The largest absolute Gasteiger partial charge is 0.216 e. The summed E-state index contributed by atoms with van der Waals surface area (Å²) in [5.74, 6) is 0.0175. The summed E-state index contributed by atoms with van der Waals surface area (Å²) >= 11 is 0. The molecular weight excluding hydrogens is 306 g/mol. The van der Waals surface area contributed by atoms with Crippen molar-refractivity contribution in [3.05, 3.63) is 70.3 Å². The lowest BCUT2D eigenvalue weighted by Crippen LogP contribution is -2.25. The van der Waals surface area contributed by atoms with E-state index in [2.05, 4.69) is 36.8 Å². The molecule has 0 fully saturated rings. The lowest BCUT2D eigenvalue weighted by molar-refractivity contribution is 0.580. The fourth-order valence-electron chi connectivity index (χ4n) is 2.67. The summed E-state index contributed by atoms with van der Waals surface area (Å²) in [6.45, 7) is 6.51. The SMILES string of the molecule is CCc1ccc(CC)c(CNS(=O)(=O)Cc2cccc(C)c2)c1. The average Bonchev–Trinajstić information content (AvgIpc) is 2.52. The van der Waals surface area contributed by atoms with E-state index in [9.17, 15) is 8.42 Å². The average molecular weight is 331 g/mol. The van der Waals surface area contributed by atoms with Gasteiger partial charge >= 0.3 is 0 Å². The smallest absolute Gasteiger partial charge is 0.212 e. The minimum atomic E-state index is -3.34. The van der Waals surface area contributed by atoms with Crippen molar-refractivity contribution in [3.8, 4) is 0 Å². The van der Waals surface area contributed by atoms with Crippen molar-refractivity contribution >= 4 is 10.0 Å². The molecule has 0 bridgehead atoms. The summed E-state index contributed by atoms with van der Waals surface area (Å²) in [6, 6.07) is 13.9. The molecule has 23 heavy (non-hydrogen) atoms. The Morgan fingerprint density at radius 1 is 0.913 bits per heavy atom. The maximum atomic E-state index is 12.3. The minimum absolute atomic E-state index is 0.0175. The molecule has 0 saturated heterocycles. The van der Waals surface area contributed by atoms with E-state index in [1.807, 2.05) is 31.2 Å². The molecule has 0 radical (unpaired) electrons. The number of hydrogen-bond donors (Lipinski definition) is 1. The molecule has 0 aliphatic carbocycles. The van der Waals surface area contributed by atoms with Crippen LogP contribution >= 0.6 is 0 Å². The van der Waals surface area contributed by atoms with Gasteiger partial charge in [-0.05, 0) is 42.0 Å². The van der Waals surface area contributed by atoms with E-state index < -0.39 is 10.0 Å². The number of nitrogens with one attached hydrogen (secondary N) is 1. The van der Waals surface area contributed by atoms with E-state index in [1.165, 1.54) is 11.1 Å². The molecule has 0 aliphatic heterocycles. The molecule has 0 atom stereocenters. The first-order valence-electron chi connectivity index (χ1n) is 8.07. The standard InChI is InChI=1S/C19H25NO2S/c1-4-16-9-10-18(5-2)19(12-16)13-20-23(21,22)14-17-8-6-7-15(3)11-17/h6-12,20H,4-5,13-14H2,1-3H3. The maximum Gasteiger partial charge on any atom is 0.216 e. The molecule has 0 heterocycles. The van der Waals surface area contributed by atoms with Crippen molar-refractivity contribution in [2.75, 3.05) is 0 Å². The van der Waals surface area contributed by atoms with Gasteiger partial charge in [-0.3, -0.25) is 0 Å². The molecule has 0 aliphatic rings. The second-order valence-corrected chi connectivity index (χ2v) is 7.69. The summed E-state index contributed by atoms with van der Waals surface area (Å²) in [5.41, 5.74) is 5.38. The summed E-state index contributed by atoms with van der Waals surface area (Å²) < 4.78 is 27.4. The second-order valence-electron chi connectivity index (χ2n) is 5.88. The van der Waals surface area contributed by atoms with Crippen molar-refractivity contribution in [1.82, 2.24) is 4.72 Å². The van der Waals surface area contributed by atoms with Gasteiger partial charge in [-0.15, -0.1) is 0 Å². The molecule has 3 nitrogen and oxygen atoms in total. The van der Waals surface area contributed by atoms with E-state index in [4.69, 9.17) is 0 Å². The highest BCUT2D eigenvalue weighted by atomic mass is 32.2. The third-order valence-corrected chi connectivity index (χ3v) is 5.28. The first kappa shape index (κ1) is 17.7. The van der Waals surface area contributed by atoms with Crippen LogP contribution in [0.25, 0.3) is 0 Å². The molecule has 0 spiro atoms. The van der Waals surface area contributed by atoms with Gasteiger partial charge in [0.25, 0.3) is 0 Å². The number of sulfonamides is 1. The predicted octanol–water partition coefficient (Wildman–Crippen LogP) is 3.74. The van der Waals surface area contributed by atoms with Gasteiger partial charge in [-0.25, -0.2) is 13.1 Å². The van der Waals surface area contributed by atoms with E-state index >= 15 is 0 Å². The number of benzene rings is 2. The van der Waals surface area contributed by atoms with Crippen LogP contribution in [-0.2, 0) is 35.2 Å². The molecule has 0 amide bonds. The van der Waals surface area contributed by atoms with Gasteiger partial charge in [0.2, 0.25) is 10.0 Å². The van der Waals surface area contributed by atoms with Crippen molar-refractivity contribution in [1.29, 1.82) is 0 Å². The fourth-order valence-corrected chi connectivity index (χ4v) is 3.76. The van der Waals surface area contributed by atoms with E-state index in [0.29, 0.717) is 6.54 Å². The molecule has 2 rings (SSSR count). The van der Waals surface area contributed by atoms with Gasteiger partial charge in [0.05, 0.1) is 5.75 Å². The number of aryl methyl sites for hydroxylation is 3. The van der Waals surface area contributed by atoms with Gasteiger partial charge in [0.1, 0.15) is 0 Å². The van der Waals surface area contributed by atoms with E-state index in [1.54, 1.807) is 0 Å². The fraction of sp³-hybridized carbons (Fsp3) is 0.368. The highest BCUT2D eigenvalue weighted by molar-refractivity contribution is 7.88. The number of hydrogen-bond acceptors (Lipinski definition) is 2. The lowest BCUT2D eigenvalue weighted by Gasteiger charge is -2.12. The quantitative estimate of drug-likeness (QED) is 0.840. The third kappa shape index (κ3) is 5.19. The molecule has 1 N–H and O–H groups in total. The molecule has 2 aromatic carbocycles.